The van der Waals surface area contributed by atoms with Crippen molar-refractivity contribution in [2.75, 3.05) is 0 Å². The molecule has 0 saturated heterocycles. The Morgan fingerprint density at radius 2 is 2.05 bits per heavy atom. The Morgan fingerprint density at radius 3 is 2.81 bits per heavy atom. The second-order valence-electron chi connectivity index (χ2n) is 4.67. The zero-order valence-corrected chi connectivity index (χ0v) is 12.1. The Morgan fingerprint density at radius 1 is 1.24 bits per heavy atom. The van der Waals surface area contributed by atoms with Crippen LogP contribution in [0, 0.1) is 6.92 Å². The number of halogens is 1. The average Bonchev–Trinajstić information content (AvgIpc) is 2.97. The first-order valence-corrected chi connectivity index (χ1v) is 6.79. The van der Waals surface area contributed by atoms with E-state index >= 15 is 0 Å². The molecule has 2 aromatic heterocycles. The molecule has 0 unspecified atom stereocenters. The van der Waals surface area contributed by atoms with Gasteiger partial charge in [-0.05, 0) is 36.2 Å². The fourth-order valence-corrected chi connectivity index (χ4v) is 2.24. The van der Waals surface area contributed by atoms with Gasteiger partial charge < -0.3 is 10.3 Å². The van der Waals surface area contributed by atoms with Gasteiger partial charge in [0.25, 0.3) is 0 Å². The molecule has 0 aliphatic heterocycles. The number of pyridine rings is 1. The fourth-order valence-electron chi connectivity index (χ4n) is 1.98. The van der Waals surface area contributed by atoms with E-state index in [9.17, 15) is 0 Å². The van der Waals surface area contributed by atoms with E-state index in [-0.39, 0.29) is 0 Å². The van der Waals surface area contributed by atoms with Crippen LogP contribution in [-0.4, -0.2) is 15.1 Å². The summed E-state index contributed by atoms with van der Waals surface area (Å²) in [7, 11) is 0. The summed E-state index contributed by atoms with van der Waals surface area (Å²) in [5, 5.41) is 4.50. The van der Waals surface area contributed by atoms with Gasteiger partial charge in [-0.3, -0.25) is 4.98 Å². The van der Waals surface area contributed by atoms with E-state index < -0.39 is 6.04 Å². The molecule has 0 aliphatic rings. The van der Waals surface area contributed by atoms with Crippen LogP contribution in [0.4, 0.5) is 0 Å². The van der Waals surface area contributed by atoms with Crippen molar-refractivity contribution in [1.29, 1.82) is 0 Å². The molecule has 1 atom stereocenters. The molecular formula is C15H13ClN4O. The molecule has 0 radical (unpaired) electrons. The number of hydrogen-bond acceptors (Lipinski definition) is 5. The highest BCUT2D eigenvalue weighted by atomic mass is 35.5. The first-order chi connectivity index (χ1) is 10.1. The van der Waals surface area contributed by atoms with E-state index in [1.807, 2.05) is 37.3 Å². The van der Waals surface area contributed by atoms with Gasteiger partial charge in [-0.1, -0.05) is 35.0 Å². The highest BCUT2D eigenvalue weighted by Crippen LogP contribution is 2.26. The predicted molar refractivity (Wildman–Crippen MR) is 79.7 cm³/mol. The maximum atomic E-state index is 6.14. The minimum Gasteiger partial charge on any atom is -0.337 e. The first-order valence-electron chi connectivity index (χ1n) is 6.42. The molecule has 3 rings (SSSR count). The molecule has 1 aromatic carbocycles. The fraction of sp³-hybridized carbons (Fsp3) is 0.133. The molecule has 0 spiro atoms. The van der Waals surface area contributed by atoms with Crippen molar-refractivity contribution in [2.24, 2.45) is 5.73 Å². The Labute approximate surface area is 126 Å². The Kier molecular flexibility index (Phi) is 3.68. The molecule has 3 aromatic rings. The zero-order valence-electron chi connectivity index (χ0n) is 11.3. The highest BCUT2D eigenvalue weighted by Gasteiger charge is 2.20. The van der Waals surface area contributed by atoms with Crippen molar-refractivity contribution >= 4 is 11.6 Å². The van der Waals surface area contributed by atoms with Gasteiger partial charge in [-0.2, -0.15) is 4.98 Å². The summed E-state index contributed by atoms with van der Waals surface area (Å²) >= 11 is 6.13. The quantitative estimate of drug-likeness (QED) is 0.804. The second-order valence-corrected chi connectivity index (χ2v) is 5.08. The molecule has 0 bridgehead atoms. The van der Waals surface area contributed by atoms with Crippen molar-refractivity contribution in [3.8, 4) is 11.5 Å². The van der Waals surface area contributed by atoms with Crippen molar-refractivity contribution < 1.29 is 4.52 Å². The summed E-state index contributed by atoms with van der Waals surface area (Å²) in [5.41, 5.74) is 8.60. The SMILES string of the molecule is Cc1ccnc(-c2noc([C@H](N)c3ccccc3Cl)n2)c1. The number of hydrogen-bond donors (Lipinski definition) is 1. The highest BCUT2D eigenvalue weighted by molar-refractivity contribution is 6.31. The maximum absolute atomic E-state index is 6.14. The summed E-state index contributed by atoms with van der Waals surface area (Å²) in [6, 6.07) is 10.5. The molecule has 6 heteroatoms. The molecule has 0 saturated carbocycles. The summed E-state index contributed by atoms with van der Waals surface area (Å²) < 4.78 is 5.25. The van der Waals surface area contributed by atoms with Gasteiger partial charge in [0.15, 0.2) is 0 Å². The molecule has 0 aliphatic carbocycles. The third-order valence-electron chi connectivity index (χ3n) is 3.09. The van der Waals surface area contributed by atoms with Crippen molar-refractivity contribution in [3.63, 3.8) is 0 Å². The minimum atomic E-state index is -0.565. The zero-order chi connectivity index (χ0) is 14.8. The monoisotopic (exact) mass is 300 g/mol. The van der Waals surface area contributed by atoms with Gasteiger partial charge in [0.2, 0.25) is 11.7 Å². The topological polar surface area (TPSA) is 77.8 Å². The van der Waals surface area contributed by atoms with Gasteiger partial charge in [0.1, 0.15) is 11.7 Å². The van der Waals surface area contributed by atoms with Crippen molar-refractivity contribution in [1.82, 2.24) is 15.1 Å². The second kappa shape index (κ2) is 5.63. The molecule has 0 fully saturated rings. The molecule has 2 heterocycles. The largest absolute Gasteiger partial charge is 0.337 e. The van der Waals surface area contributed by atoms with Crippen LogP contribution in [0.2, 0.25) is 5.02 Å². The Hall–Kier alpha value is -2.24. The molecule has 2 N–H and O–H groups in total. The lowest BCUT2D eigenvalue weighted by Crippen LogP contribution is -2.12. The lowest BCUT2D eigenvalue weighted by Gasteiger charge is -2.08. The summed E-state index contributed by atoms with van der Waals surface area (Å²) in [4.78, 5) is 8.54. The van der Waals surface area contributed by atoms with E-state index in [0.29, 0.717) is 22.4 Å². The number of rotatable bonds is 3. The van der Waals surface area contributed by atoms with Gasteiger partial charge in [0.05, 0.1) is 0 Å². The average molecular weight is 301 g/mol. The lowest BCUT2D eigenvalue weighted by atomic mass is 10.1. The maximum Gasteiger partial charge on any atom is 0.248 e. The summed E-state index contributed by atoms with van der Waals surface area (Å²) in [6.07, 6.45) is 1.70. The molecule has 5 nitrogen and oxygen atoms in total. The van der Waals surface area contributed by atoms with Crippen LogP contribution in [0.3, 0.4) is 0 Å². The molecule has 0 amide bonds. The van der Waals surface area contributed by atoms with Crippen LogP contribution in [0.1, 0.15) is 23.1 Å². The Bertz CT molecular complexity index is 772. The third kappa shape index (κ3) is 2.79. The van der Waals surface area contributed by atoms with Crippen molar-refractivity contribution in [2.45, 2.75) is 13.0 Å². The first kappa shape index (κ1) is 13.7. The van der Waals surface area contributed by atoms with Gasteiger partial charge in [-0.25, -0.2) is 0 Å². The van der Waals surface area contributed by atoms with Crippen LogP contribution >= 0.6 is 11.6 Å². The Balaban J connectivity index is 1.93. The van der Waals surface area contributed by atoms with Gasteiger partial charge in [-0.15, -0.1) is 0 Å². The number of benzene rings is 1. The molecule has 106 valence electrons. The number of nitrogens with zero attached hydrogens (tertiary/aromatic N) is 3. The normalized spacial score (nSPS) is 12.3. The minimum absolute atomic E-state index is 0.307. The van der Waals surface area contributed by atoms with Crippen molar-refractivity contribution in [3.05, 3.63) is 64.6 Å². The van der Waals surface area contributed by atoms with Crippen LogP contribution in [0.15, 0.2) is 47.1 Å². The summed E-state index contributed by atoms with van der Waals surface area (Å²) in [6.45, 7) is 1.97. The van der Waals surface area contributed by atoms with E-state index in [1.165, 1.54) is 0 Å². The number of aromatic nitrogens is 3. The van der Waals surface area contributed by atoms with Gasteiger partial charge in [0, 0.05) is 11.2 Å². The lowest BCUT2D eigenvalue weighted by molar-refractivity contribution is 0.367. The third-order valence-corrected chi connectivity index (χ3v) is 3.44. The number of aryl methyl sites for hydroxylation is 1. The van der Waals surface area contributed by atoms with Gasteiger partial charge >= 0.3 is 0 Å². The smallest absolute Gasteiger partial charge is 0.248 e. The van der Waals surface area contributed by atoms with Crippen LogP contribution < -0.4 is 5.73 Å². The van der Waals surface area contributed by atoms with E-state index in [0.717, 1.165) is 11.1 Å². The van der Waals surface area contributed by atoms with E-state index in [4.69, 9.17) is 21.9 Å². The molecular weight excluding hydrogens is 288 g/mol. The van der Waals surface area contributed by atoms with Crippen LogP contribution in [0.5, 0.6) is 0 Å². The molecule has 21 heavy (non-hydrogen) atoms. The van der Waals surface area contributed by atoms with Crippen LogP contribution in [-0.2, 0) is 0 Å². The van der Waals surface area contributed by atoms with Crippen LogP contribution in [0.25, 0.3) is 11.5 Å². The standard InChI is InChI=1S/C15H13ClN4O/c1-9-6-7-18-12(8-9)14-19-15(21-20-14)13(17)10-4-2-3-5-11(10)16/h2-8,13H,17H2,1H3/t13-/m1/s1. The predicted octanol–water partition coefficient (Wildman–Crippen LogP) is 3.14. The van der Waals surface area contributed by atoms with E-state index in [2.05, 4.69) is 15.1 Å². The summed E-state index contributed by atoms with van der Waals surface area (Å²) in [5.74, 6) is 0.720. The number of nitrogens with two attached hydrogens (primary N) is 1. The van der Waals surface area contributed by atoms with E-state index in [1.54, 1.807) is 12.3 Å².